The van der Waals surface area contributed by atoms with Crippen molar-refractivity contribution in [1.82, 2.24) is 24.9 Å². The molecule has 0 saturated heterocycles. The molecule has 22 aromatic carbocycles. The Bertz CT molecular complexity index is 8960. The van der Waals surface area contributed by atoms with Crippen LogP contribution in [0.5, 0.6) is 0 Å². The number of nitrogens with zero attached hydrogens (tertiary/aromatic N) is 5. The van der Waals surface area contributed by atoms with Crippen molar-refractivity contribution < 1.29 is 0 Å². The zero-order valence-electron chi connectivity index (χ0n) is 74.3. The van der Waals surface area contributed by atoms with Crippen molar-refractivity contribution in [2.45, 2.75) is 26.2 Å². The Balaban J connectivity index is 0.000000110. The van der Waals surface area contributed by atoms with E-state index in [0.717, 1.165) is 117 Å². The molecule has 0 saturated carbocycles. The van der Waals surface area contributed by atoms with Crippen LogP contribution in [0, 0.1) is 6.92 Å². The van der Waals surface area contributed by atoms with E-state index in [1.54, 1.807) is 0 Å². The summed E-state index contributed by atoms with van der Waals surface area (Å²) in [5.74, 6) is 1.46. The van der Waals surface area contributed by atoms with E-state index in [-0.39, 0.29) is 5.41 Å². The number of rotatable bonds is 11. The number of aryl methyl sites for hydroxylation is 1. The van der Waals surface area contributed by atoms with Crippen LogP contribution in [0.25, 0.3) is 243 Å². The predicted octanol–water partition coefficient (Wildman–Crippen LogP) is 34.5. The molecule has 0 atom stereocenters. The Morgan fingerprint density at radius 3 is 1.23 bits per heavy atom. The molecule has 0 N–H and O–H groups in total. The molecule has 134 heavy (non-hydrogen) atoms. The van der Waals surface area contributed by atoms with Gasteiger partial charge in [-0.15, -0.1) is 0 Å². The molecule has 0 amide bonds. The summed E-state index contributed by atoms with van der Waals surface area (Å²) < 4.78 is 0. The molecule has 5 nitrogen and oxygen atoms in total. The molecular weight excluding hydrogens is 1620 g/mol. The quantitative estimate of drug-likeness (QED) is 0.121. The average Bonchev–Trinajstić information content (AvgIpc) is 1.65. The molecule has 25 aromatic rings. The number of pyridine rings is 1. The van der Waals surface area contributed by atoms with Gasteiger partial charge in [-0.25, -0.2) is 24.9 Å². The first-order valence-electron chi connectivity index (χ1n) is 46.1. The average molecular weight is 1710 g/mol. The van der Waals surface area contributed by atoms with Crippen LogP contribution in [0.15, 0.2) is 473 Å². The molecule has 3 aromatic heterocycles. The zero-order valence-corrected chi connectivity index (χ0v) is 74.3. The summed E-state index contributed by atoms with van der Waals surface area (Å²) in [5.41, 5.74) is 30.8. The van der Waals surface area contributed by atoms with Crippen LogP contribution in [0.3, 0.4) is 0 Å². The third-order valence-corrected chi connectivity index (χ3v) is 27.2. The number of aromatic nitrogens is 5. The molecule has 0 spiro atoms. The lowest BCUT2D eigenvalue weighted by Crippen LogP contribution is -2.14. The van der Waals surface area contributed by atoms with Gasteiger partial charge in [0, 0.05) is 60.3 Å². The van der Waals surface area contributed by atoms with Gasteiger partial charge in [0.15, 0.2) is 11.6 Å². The van der Waals surface area contributed by atoms with Crippen LogP contribution >= 0.6 is 0 Å². The maximum Gasteiger partial charge on any atom is 0.160 e. The maximum atomic E-state index is 5.31. The lowest BCUT2D eigenvalue weighted by molar-refractivity contribution is 0.660. The van der Waals surface area contributed by atoms with Gasteiger partial charge in [-0.05, 0) is 233 Å². The topological polar surface area (TPSA) is 64.5 Å². The number of hydrogen-bond acceptors (Lipinski definition) is 5. The van der Waals surface area contributed by atoms with Gasteiger partial charge in [0.2, 0.25) is 0 Å². The number of benzene rings is 22. The minimum Gasteiger partial charge on any atom is -0.247 e. The fourth-order valence-electron chi connectivity index (χ4n) is 20.4. The van der Waals surface area contributed by atoms with E-state index in [1.165, 1.54) is 142 Å². The maximum absolute atomic E-state index is 5.31. The summed E-state index contributed by atoms with van der Waals surface area (Å²) in [7, 11) is 0. The highest BCUT2D eigenvalue weighted by atomic mass is 14.9. The van der Waals surface area contributed by atoms with Crippen LogP contribution in [0.2, 0.25) is 0 Å². The Morgan fingerprint density at radius 1 is 0.172 bits per heavy atom. The molecule has 1 aliphatic carbocycles. The van der Waals surface area contributed by atoms with Crippen LogP contribution in [0.1, 0.15) is 30.5 Å². The Labute approximate surface area is 778 Å². The fourth-order valence-corrected chi connectivity index (χ4v) is 20.4. The summed E-state index contributed by atoms with van der Waals surface area (Å²) in [5, 5.41) is 22.1. The van der Waals surface area contributed by atoms with Gasteiger partial charge < -0.3 is 0 Å². The van der Waals surface area contributed by atoms with E-state index in [9.17, 15) is 0 Å². The van der Waals surface area contributed by atoms with Crippen molar-refractivity contribution in [3.63, 3.8) is 0 Å². The summed E-state index contributed by atoms with van der Waals surface area (Å²) >= 11 is 0. The second kappa shape index (κ2) is 33.7. The Kier molecular flexibility index (Phi) is 20.1. The van der Waals surface area contributed by atoms with Gasteiger partial charge >= 0.3 is 0 Å². The predicted molar refractivity (Wildman–Crippen MR) is 565 cm³/mol. The van der Waals surface area contributed by atoms with Crippen molar-refractivity contribution in [3.8, 4) is 135 Å². The van der Waals surface area contributed by atoms with E-state index in [0.29, 0.717) is 0 Å². The number of fused-ring (bicyclic) bond motifs is 18. The zero-order chi connectivity index (χ0) is 89.3. The first kappa shape index (κ1) is 80.1. The van der Waals surface area contributed by atoms with E-state index >= 15 is 0 Å². The molecule has 0 radical (unpaired) electrons. The van der Waals surface area contributed by atoms with Crippen molar-refractivity contribution in [2.24, 2.45) is 0 Å². The lowest BCUT2D eigenvalue weighted by Gasteiger charge is -2.22. The highest BCUT2D eigenvalue weighted by Gasteiger charge is 2.35. The fraction of sp³-hybridized carbons (Fsp3) is 0.0310. The molecule has 628 valence electrons. The van der Waals surface area contributed by atoms with Gasteiger partial charge in [0.05, 0.1) is 33.8 Å². The second-order valence-corrected chi connectivity index (χ2v) is 35.7. The molecule has 3 heterocycles. The second-order valence-electron chi connectivity index (χ2n) is 35.7. The number of hydrogen-bond donors (Lipinski definition) is 0. The molecule has 0 unspecified atom stereocenters. The third-order valence-electron chi connectivity index (χ3n) is 27.2. The minimum absolute atomic E-state index is 0.0301. The SMILES string of the molecule is CC1(C)c2ccccc2-c2ccc(-c3cccc(-c4cccc(-c5nc(-c6ccccc6)c6ccc7ccccc7c6n5)c4)c3)cc21.Cc1ccc(-c2nc(-c3cccc(-c4cccc(-c5cc6ccccc6c6ccccc56)c4)c3)nc3ccccc23)cc1.c1cc(-c2ccc3c4ccccc4c4ccccc4c3c2)cc(-c2cc3ccccc3c(-c3ccc4ccccc4c3)n2)c1. The molecular formula is C129H87N5. The summed E-state index contributed by atoms with van der Waals surface area (Å²) in [4.78, 5) is 25.8. The molecule has 0 aliphatic heterocycles. The van der Waals surface area contributed by atoms with Crippen LogP contribution in [0.4, 0.5) is 0 Å². The lowest BCUT2D eigenvalue weighted by atomic mass is 9.81. The van der Waals surface area contributed by atoms with E-state index in [2.05, 4.69) is 482 Å². The van der Waals surface area contributed by atoms with Crippen molar-refractivity contribution >= 4 is 108 Å². The smallest absolute Gasteiger partial charge is 0.160 e. The molecule has 0 fully saturated rings. The minimum atomic E-state index is -0.0301. The van der Waals surface area contributed by atoms with Crippen molar-refractivity contribution in [2.75, 3.05) is 0 Å². The summed E-state index contributed by atoms with van der Waals surface area (Å²) in [6, 6.07) is 170. The Morgan fingerprint density at radius 2 is 0.567 bits per heavy atom. The van der Waals surface area contributed by atoms with Crippen LogP contribution in [-0.2, 0) is 5.41 Å². The number of para-hydroxylation sites is 1. The summed E-state index contributed by atoms with van der Waals surface area (Å²) in [6.45, 7) is 6.78. The third kappa shape index (κ3) is 14.7. The standard InChI is InChI=1S/C45H32N2.C43H27N.C41H28N2/c1-45(2)40-21-9-8-20-37(40)38-24-23-34(28-41(38)45)32-16-10-15-31(26-32)33-17-11-18-35(27-33)44-46-42(30-13-4-3-5-14-30)39-25-22-29-12-6-7-19-36(29)43(39)47-44;1-2-11-29-25-34(21-20-28(29)10-1)43-35-15-4-3-12-32(35)27-42(44-43)33-14-9-13-30(24-33)31-22-23-40-38-18-6-5-16-36(38)37-17-7-8-19-39(37)41(40)26-31;1-27-20-22-28(23-21-27)40-37-18-6-7-19-39(37)42-41(43-40)33-14-9-12-30(25-33)29-11-8-13-31(24-29)38-26-32-10-2-3-15-34(32)35-16-4-5-17-36(35)38/h3-28H,1-2H3;1-27H;2-26H,1H3. The van der Waals surface area contributed by atoms with Gasteiger partial charge in [0.25, 0.3) is 0 Å². The first-order valence-corrected chi connectivity index (χ1v) is 46.1. The molecule has 0 bridgehead atoms. The largest absolute Gasteiger partial charge is 0.247 e. The van der Waals surface area contributed by atoms with Crippen molar-refractivity contribution in [3.05, 3.63) is 490 Å². The normalized spacial score (nSPS) is 12.1. The highest BCUT2D eigenvalue weighted by Crippen LogP contribution is 2.51. The summed E-state index contributed by atoms with van der Waals surface area (Å²) in [6.07, 6.45) is 0. The van der Waals surface area contributed by atoms with E-state index < -0.39 is 0 Å². The highest BCUT2D eigenvalue weighted by molar-refractivity contribution is 6.26. The molecule has 1 aliphatic rings. The first-order chi connectivity index (χ1) is 66.0. The Hall–Kier alpha value is -17.3. The van der Waals surface area contributed by atoms with E-state index in [1.807, 2.05) is 12.1 Å². The molecule has 5 heteroatoms. The van der Waals surface area contributed by atoms with Gasteiger partial charge in [-0.3, -0.25) is 0 Å². The van der Waals surface area contributed by atoms with Gasteiger partial charge in [-0.1, -0.05) is 420 Å². The van der Waals surface area contributed by atoms with Gasteiger partial charge in [-0.2, -0.15) is 0 Å². The van der Waals surface area contributed by atoms with Gasteiger partial charge in [0.1, 0.15) is 0 Å². The van der Waals surface area contributed by atoms with Crippen LogP contribution < -0.4 is 0 Å². The monoisotopic (exact) mass is 1710 g/mol. The van der Waals surface area contributed by atoms with E-state index in [4.69, 9.17) is 24.9 Å². The van der Waals surface area contributed by atoms with Crippen molar-refractivity contribution in [1.29, 1.82) is 0 Å². The van der Waals surface area contributed by atoms with Crippen LogP contribution in [-0.4, -0.2) is 24.9 Å². The molecule has 26 rings (SSSR count).